The SMILES string of the molecule is C=CC1C[C@]1(NC(=O)[C@@H]1[C@@H]2[C@H](CN1C(=O)[C@@H](NC(=O)NC(C)(C)C)C(C)(C)C)C2(C)C)C(=O)NS(=O)(=O)c1ccccc1. The van der Waals surface area contributed by atoms with Crippen molar-refractivity contribution in [3.05, 3.63) is 43.0 Å². The molecular formula is C31H45N5O6S. The molecule has 0 radical (unpaired) electrons. The molecule has 2 saturated carbocycles. The van der Waals surface area contributed by atoms with Crippen LogP contribution < -0.4 is 20.7 Å². The minimum Gasteiger partial charge on any atom is -0.339 e. The highest BCUT2D eigenvalue weighted by Crippen LogP contribution is 2.65. The van der Waals surface area contributed by atoms with E-state index in [0.717, 1.165) is 0 Å². The van der Waals surface area contributed by atoms with E-state index in [0.29, 0.717) is 6.54 Å². The maximum absolute atomic E-state index is 14.1. The van der Waals surface area contributed by atoms with Gasteiger partial charge in [0.2, 0.25) is 11.8 Å². The van der Waals surface area contributed by atoms with Gasteiger partial charge in [-0.15, -0.1) is 6.58 Å². The molecule has 6 atom stereocenters. The number of hydrogen-bond acceptors (Lipinski definition) is 6. The van der Waals surface area contributed by atoms with Gasteiger partial charge in [-0.1, -0.05) is 58.9 Å². The van der Waals surface area contributed by atoms with Crippen LogP contribution in [0.5, 0.6) is 0 Å². The molecule has 1 aliphatic heterocycles. The van der Waals surface area contributed by atoms with Crippen LogP contribution in [0.3, 0.4) is 0 Å². The molecule has 1 saturated heterocycles. The molecule has 4 N–H and O–H groups in total. The summed E-state index contributed by atoms with van der Waals surface area (Å²) in [5.74, 6) is -2.36. The van der Waals surface area contributed by atoms with Crippen molar-refractivity contribution in [1.82, 2.24) is 25.6 Å². The second-order valence-corrected chi connectivity index (χ2v) is 16.5. The van der Waals surface area contributed by atoms with Crippen molar-refractivity contribution < 1.29 is 27.6 Å². The Kier molecular flexibility index (Phi) is 8.04. The third kappa shape index (κ3) is 6.30. The Bertz CT molecular complexity index is 1430. The number of fused-ring (bicyclic) bond motifs is 1. The summed E-state index contributed by atoms with van der Waals surface area (Å²) in [7, 11) is -4.18. The Morgan fingerprint density at radius 2 is 1.65 bits per heavy atom. The third-order valence-electron chi connectivity index (χ3n) is 8.97. The number of nitrogens with zero attached hydrogens (tertiary/aromatic N) is 1. The first-order valence-electron chi connectivity index (χ1n) is 14.6. The van der Waals surface area contributed by atoms with Crippen molar-refractivity contribution in [1.29, 1.82) is 0 Å². The Balaban J connectivity index is 1.58. The molecule has 1 aromatic carbocycles. The first-order chi connectivity index (χ1) is 19.7. The number of benzene rings is 1. The Labute approximate surface area is 254 Å². The second kappa shape index (κ2) is 10.6. The van der Waals surface area contributed by atoms with Gasteiger partial charge >= 0.3 is 6.03 Å². The third-order valence-corrected chi connectivity index (χ3v) is 10.3. The summed E-state index contributed by atoms with van der Waals surface area (Å²) in [6, 6.07) is 5.18. The summed E-state index contributed by atoms with van der Waals surface area (Å²) < 4.78 is 28.0. The van der Waals surface area contributed by atoms with Gasteiger partial charge < -0.3 is 20.9 Å². The topological polar surface area (TPSA) is 154 Å². The lowest BCUT2D eigenvalue weighted by Gasteiger charge is -2.38. The van der Waals surface area contributed by atoms with Crippen molar-refractivity contribution in [3.8, 4) is 0 Å². The van der Waals surface area contributed by atoms with Crippen LogP contribution in [0, 0.1) is 28.6 Å². The van der Waals surface area contributed by atoms with Gasteiger partial charge in [-0.2, -0.15) is 0 Å². The highest BCUT2D eigenvalue weighted by atomic mass is 32.2. The Morgan fingerprint density at radius 1 is 1.05 bits per heavy atom. The highest BCUT2D eigenvalue weighted by molar-refractivity contribution is 7.90. The predicted molar refractivity (Wildman–Crippen MR) is 162 cm³/mol. The Hall–Kier alpha value is -3.41. The minimum absolute atomic E-state index is 0.0638. The van der Waals surface area contributed by atoms with Crippen LogP contribution in [-0.2, 0) is 24.4 Å². The van der Waals surface area contributed by atoms with E-state index in [1.807, 2.05) is 55.4 Å². The lowest BCUT2D eigenvalue weighted by atomic mass is 9.85. The van der Waals surface area contributed by atoms with Crippen molar-refractivity contribution in [2.75, 3.05) is 6.54 Å². The van der Waals surface area contributed by atoms with Crippen molar-refractivity contribution in [3.63, 3.8) is 0 Å². The number of hydrogen-bond donors (Lipinski definition) is 4. The molecule has 236 valence electrons. The van der Waals surface area contributed by atoms with Crippen LogP contribution >= 0.6 is 0 Å². The molecule has 1 heterocycles. The van der Waals surface area contributed by atoms with Crippen LogP contribution in [0.1, 0.15) is 61.8 Å². The standard InChI is InChI=1S/C31H45N5O6S/c1-10-18-16-31(18,26(39)35-43(41,42)19-14-12-11-13-15-19)33-24(37)22-21-20(30(21,8)9)17-36(22)25(38)23(28(2,3)4)32-27(40)34-29(5,6)7/h10-15,18,20-23H,1,16-17H2,2-9H3,(H,33,37)(H,35,39)(H2,32,34,40)/t18?,20-,21-,22-,23+,31+/m0/s1. The molecule has 12 heteroatoms. The monoisotopic (exact) mass is 615 g/mol. The number of piperidine rings is 1. The summed E-state index contributed by atoms with van der Waals surface area (Å²) in [6.45, 7) is 19.2. The maximum atomic E-state index is 14.1. The lowest BCUT2D eigenvalue weighted by molar-refractivity contribution is -0.144. The van der Waals surface area contributed by atoms with Gasteiger partial charge in [0.1, 0.15) is 17.6 Å². The molecule has 3 aliphatic rings. The molecule has 2 aliphatic carbocycles. The van der Waals surface area contributed by atoms with Crippen LogP contribution in [0.4, 0.5) is 4.79 Å². The van der Waals surface area contributed by atoms with Gasteiger partial charge in [-0.25, -0.2) is 17.9 Å². The average Bonchev–Trinajstić information content (AvgIpc) is 3.63. The number of amides is 5. The molecule has 3 fully saturated rings. The first kappa shape index (κ1) is 32.5. The molecule has 0 spiro atoms. The predicted octanol–water partition coefficient (Wildman–Crippen LogP) is 2.55. The minimum atomic E-state index is -4.18. The number of sulfonamides is 1. The molecule has 43 heavy (non-hydrogen) atoms. The number of carbonyl (C=O) groups excluding carboxylic acids is 4. The summed E-state index contributed by atoms with van der Waals surface area (Å²) in [5, 5.41) is 8.47. The van der Waals surface area contributed by atoms with E-state index < -0.39 is 62.4 Å². The fraction of sp³-hybridized carbons (Fsp3) is 0.613. The summed E-state index contributed by atoms with van der Waals surface area (Å²) in [6.07, 6.45) is 1.69. The van der Waals surface area contributed by atoms with Crippen LogP contribution in [0.25, 0.3) is 0 Å². The van der Waals surface area contributed by atoms with Gasteiger partial charge in [-0.05, 0) is 62.0 Å². The van der Waals surface area contributed by atoms with E-state index in [1.165, 1.54) is 23.1 Å². The van der Waals surface area contributed by atoms with Crippen LogP contribution in [0.2, 0.25) is 0 Å². The maximum Gasteiger partial charge on any atom is 0.315 e. The van der Waals surface area contributed by atoms with Gasteiger partial charge in [0.15, 0.2) is 0 Å². The molecule has 11 nitrogen and oxygen atoms in total. The summed E-state index contributed by atoms with van der Waals surface area (Å²) in [4.78, 5) is 55.9. The Morgan fingerprint density at radius 3 is 2.16 bits per heavy atom. The molecule has 1 aromatic rings. The van der Waals surface area contributed by atoms with E-state index in [9.17, 15) is 27.6 Å². The van der Waals surface area contributed by atoms with Gasteiger partial charge in [0.25, 0.3) is 15.9 Å². The van der Waals surface area contributed by atoms with Crippen LogP contribution in [-0.4, -0.2) is 66.8 Å². The number of rotatable bonds is 8. The molecular weight excluding hydrogens is 570 g/mol. The molecule has 0 aromatic heterocycles. The van der Waals surface area contributed by atoms with Crippen molar-refractivity contribution in [2.45, 2.75) is 89.9 Å². The van der Waals surface area contributed by atoms with Crippen molar-refractivity contribution in [2.24, 2.45) is 28.6 Å². The van der Waals surface area contributed by atoms with Crippen LogP contribution in [0.15, 0.2) is 47.9 Å². The lowest BCUT2D eigenvalue weighted by Crippen LogP contribution is -2.62. The second-order valence-electron chi connectivity index (χ2n) is 14.8. The molecule has 1 unspecified atom stereocenters. The zero-order valence-corrected chi connectivity index (χ0v) is 27.1. The average molecular weight is 616 g/mol. The van der Waals surface area contributed by atoms with Gasteiger partial charge in [0, 0.05) is 18.0 Å². The van der Waals surface area contributed by atoms with Gasteiger partial charge in [-0.3, -0.25) is 14.4 Å². The zero-order chi connectivity index (χ0) is 32.3. The fourth-order valence-corrected chi connectivity index (χ4v) is 7.39. The highest BCUT2D eigenvalue weighted by Gasteiger charge is 2.71. The van der Waals surface area contributed by atoms with E-state index >= 15 is 0 Å². The molecule has 0 bridgehead atoms. The van der Waals surface area contributed by atoms with E-state index in [2.05, 4.69) is 27.3 Å². The number of carbonyl (C=O) groups is 4. The summed E-state index contributed by atoms with van der Waals surface area (Å²) in [5.41, 5.74) is -2.92. The molecule has 5 amide bonds. The van der Waals surface area contributed by atoms with Gasteiger partial charge in [0.05, 0.1) is 4.90 Å². The fourth-order valence-electron chi connectivity index (χ4n) is 6.34. The number of urea groups is 1. The normalized spacial score (nSPS) is 28.1. The number of likely N-dealkylation sites (tertiary alicyclic amines) is 1. The van der Waals surface area contributed by atoms with E-state index in [4.69, 9.17) is 0 Å². The smallest absolute Gasteiger partial charge is 0.315 e. The van der Waals surface area contributed by atoms with E-state index in [1.54, 1.807) is 18.2 Å². The van der Waals surface area contributed by atoms with Crippen molar-refractivity contribution >= 4 is 33.8 Å². The number of nitrogens with one attached hydrogen (secondary N) is 4. The first-order valence-corrected chi connectivity index (χ1v) is 16.1. The summed E-state index contributed by atoms with van der Waals surface area (Å²) >= 11 is 0. The zero-order valence-electron chi connectivity index (χ0n) is 26.3. The quantitative estimate of drug-likeness (QED) is 0.330. The molecule has 4 rings (SSSR count). The van der Waals surface area contributed by atoms with E-state index in [-0.39, 0.29) is 34.5 Å². The largest absolute Gasteiger partial charge is 0.339 e.